The summed E-state index contributed by atoms with van der Waals surface area (Å²) in [5.41, 5.74) is 6.80. The van der Waals surface area contributed by atoms with Crippen LogP contribution in [0.4, 0.5) is 0 Å². The number of thioether (sulfide) groups is 1. The quantitative estimate of drug-likeness (QED) is 0.788. The van der Waals surface area contributed by atoms with E-state index < -0.39 is 0 Å². The molecule has 1 aliphatic rings. The molecule has 1 aromatic heterocycles. The molecule has 1 atom stereocenters. The summed E-state index contributed by atoms with van der Waals surface area (Å²) in [5, 5.41) is 9.36. The highest BCUT2D eigenvalue weighted by molar-refractivity contribution is 7.99. The summed E-state index contributed by atoms with van der Waals surface area (Å²) in [6.45, 7) is 1.21. The number of nitrogens with zero attached hydrogens (tertiary/aromatic N) is 3. The lowest BCUT2D eigenvalue weighted by molar-refractivity contribution is 0.0315. The summed E-state index contributed by atoms with van der Waals surface area (Å²) in [6.07, 6.45) is 3.83. The number of hydrogen-bond donors (Lipinski definition) is 1. The summed E-state index contributed by atoms with van der Waals surface area (Å²) in [6, 6.07) is 7.83. The fourth-order valence-electron chi connectivity index (χ4n) is 2.62. The van der Waals surface area contributed by atoms with Crippen LogP contribution in [0.1, 0.15) is 25.1 Å². The van der Waals surface area contributed by atoms with Crippen LogP contribution in [0.25, 0.3) is 5.69 Å². The van der Waals surface area contributed by atoms with E-state index in [2.05, 4.69) is 10.2 Å². The van der Waals surface area contributed by atoms with E-state index in [1.807, 2.05) is 28.8 Å². The van der Waals surface area contributed by atoms with E-state index in [9.17, 15) is 0 Å². The van der Waals surface area contributed by atoms with Gasteiger partial charge in [-0.05, 0) is 43.5 Å². The third-order valence-electron chi connectivity index (χ3n) is 3.89. The molecular weight excluding hydrogens is 348 g/mol. The molecule has 1 aromatic carbocycles. The van der Waals surface area contributed by atoms with Gasteiger partial charge in [0.15, 0.2) is 11.0 Å². The zero-order chi connectivity index (χ0) is 16.1. The first kappa shape index (κ1) is 19.1. The Morgan fingerprint density at radius 3 is 2.71 bits per heavy atom. The fraction of sp³-hybridized carbons (Fsp3) is 0.500. The van der Waals surface area contributed by atoms with Crippen molar-refractivity contribution in [2.75, 3.05) is 19.5 Å². The lowest BCUT2D eigenvalue weighted by atomic mass is 10.1. The fourth-order valence-corrected chi connectivity index (χ4v) is 3.66. The predicted octanol–water partition coefficient (Wildman–Crippen LogP) is 2.82. The third kappa shape index (κ3) is 4.42. The molecule has 6 nitrogen and oxygen atoms in total. The first-order chi connectivity index (χ1) is 11.3. The van der Waals surface area contributed by atoms with E-state index in [-0.39, 0.29) is 12.4 Å². The molecule has 0 saturated carbocycles. The van der Waals surface area contributed by atoms with E-state index >= 15 is 0 Å². The first-order valence-corrected chi connectivity index (χ1v) is 8.83. The van der Waals surface area contributed by atoms with Gasteiger partial charge in [-0.25, -0.2) is 0 Å². The van der Waals surface area contributed by atoms with Crippen molar-refractivity contribution in [3.05, 3.63) is 30.1 Å². The van der Waals surface area contributed by atoms with Crippen LogP contribution in [0.2, 0.25) is 0 Å². The van der Waals surface area contributed by atoms with Gasteiger partial charge in [0.25, 0.3) is 0 Å². The molecule has 0 bridgehead atoms. The van der Waals surface area contributed by atoms with Gasteiger partial charge >= 0.3 is 0 Å². The maximum atomic E-state index is 5.81. The van der Waals surface area contributed by atoms with Crippen LogP contribution in [0.3, 0.4) is 0 Å². The monoisotopic (exact) mass is 370 g/mol. The van der Waals surface area contributed by atoms with Crippen molar-refractivity contribution >= 4 is 24.2 Å². The summed E-state index contributed by atoms with van der Waals surface area (Å²) in [4.78, 5) is 0. The molecule has 0 radical (unpaired) electrons. The van der Waals surface area contributed by atoms with Gasteiger partial charge in [-0.1, -0.05) is 11.8 Å². The van der Waals surface area contributed by atoms with Gasteiger partial charge < -0.3 is 15.2 Å². The minimum absolute atomic E-state index is 0. The second kappa shape index (κ2) is 9.27. The number of methoxy groups -OCH3 is 1. The van der Waals surface area contributed by atoms with E-state index in [0.29, 0.717) is 12.6 Å². The molecule has 132 valence electrons. The number of nitrogens with two attached hydrogens (primary N) is 1. The maximum absolute atomic E-state index is 5.81. The summed E-state index contributed by atoms with van der Waals surface area (Å²) in [7, 11) is 1.66. The summed E-state index contributed by atoms with van der Waals surface area (Å²) in [5.74, 6) is 2.46. The molecule has 2 N–H and O–H groups in total. The number of ether oxygens (including phenoxy) is 2. The molecule has 2 heterocycles. The number of halogens is 1. The second-order valence-corrected chi connectivity index (χ2v) is 6.42. The molecule has 3 rings (SSSR count). The molecule has 1 aliphatic heterocycles. The molecule has 1 saturated heterocycles. The van der Waals surface area contributed by atoms with Crippen molar-refractivity contribution in [3.8, 4) is 11.4 Å². The molecule has 8 heteroatoms. The lowest BCUT2D eigenvalue weighted by Gasteiger charge is -2.22. The third-order valence-corrected chi connectivity index (χ3v) is 4.95. The van der Waals surface area contributed by atoms with Crippen molar-refractivity contribution in [1.82, 2.24) is 14.8 Å². The van der Waals surface area contributed by atoms with Crippen LogP contribution in [-0.2, 0) is 11.3 Å². The highest BCUT2D eigenvalue weighted by Crippen LogP contribution is 2.26. The summed E-state index contributed by atoms with van der Waals surface area (Å²) >= 11 is 1.67. The van der Waals surface area contributed by atoms with E-state index in [1.165, 1.54) is 12.8 Å². The topological polar surface area (TPSA) is 75.2 Å². The van der Waals surface area contributed by atoms with Gasteiger partial charge in [0.2, 0.25) is 0 Å². The zero-order valence-electron chi connectivity index (χ0n) is 13.7. The van der Waals surface area contributed by atoms with Gasteiger partial charge in [0.1, 0.15) is 5.75 Å². The van der Waals surface area contributed by atoms with E-state index in [1.54, 1.807) is 18.9 Å². The Labute approximate surface area is 152 Å². The van der Waals surface area contributed by atoms with Crippen molar-refractivity contribution in [3.63, 3.8) is 0 Å². The predicted molar refractivity (Wildman–Crippen MR) is 97.4 cm³/mol. The Morgan fingerprint density at radius 1 is 1.29 bits per heavy atom. The molecule has 0 aliphatic carbocycles. The number of rotatable bonds is 6. The van der Waals surface area contributed by atoms with Crippen LogP contribution >= 0.6 is 24.2 Å². The van der Waals surface area contributed by atoms with Crippen LogP contribution < -0.4 is 10.5 Å². The standard InChI is InChI=1S/C16H22N4O2S.ClH/c1-21-13-7-5-12(6-8-13)20-15(10-17)18-19-16(20)23-11-14-4-2-3-9-22-14;/h5-8,14H,2-4,9-11,17H2,1H3;1H. The Hall–Kier alpha value is -1.28. The van der Waals surface area contributed by atoms with Crippen LogP contribution in [0, 0.1) is 0 Å². The maximum Gasteiger partial charge on any atom is 0.195 e. The lowest BCUT2D eigenvalue weighted by Crippen LogP contribution is -2.21. The Kier molecular flexibility index (Phi) is 7.36. The minimum Gasteiger partial charge on any atom is -0.497 e. The van der Waals surface area contributed by atoms with Crippen molar-refractivity contribution in [2.24, 2.45) is 5.73 Å². The van der Waals surface area contributed by atoms with Crippen molar-refractivity contribution in [1.29, 1.82) is 0 Å². The smallest absolute Gasteiger partial charge is 0.195 e. The molecule has 1 fully saturated rings. The van der Waals surface area contributed by atoms with Crippen molar-refractivity contribution < 1.29 is 9.47 Å². The number of hydrogen-bond acceptors (Lipinski definition) is 6. The zero-order valence-corrected chi connectivity index (χ0v) is 15.3. The average molecular weight is 371 g/mol. The van der Waals surface area contributed by atoms with Crippen LogP contribution in [-0.4, -0.2) is 40.3 Å². The highest BCUT2D eigenvalue weighted by atomic mass is 35.5. The van der Waals surface area contributed by atoms with Gasteiger partial charge in [0.05, 0.1) is 19.8 Å². The van der Waals surface area contributed by atoms with Crippen LogP contribution in [0.15, 0.2) is 29.4 Å². The van der Waals surface area contributed by atoms with Gasteiger partial charge in [0, 0.05) is 18.0 Å². The average Bonchev–Trinajstić information content (AvgIpc) is 3.04. The second-order valence-electron chi connectivity index (χ2n) is 5.44. The minimum atomic E-state index is 0. The Bertz CT molecular complexity index is 630. The highest BCUT2D eigenvalue weighted by Gasteiger charge is 2.18. The molecule has 1 unspecified atom stereocenters. The normalized spacial score (nSPS) is 17.3. The van der Waals surface area contributed by atoms with Gasteiger partial charge in [-0.3, -0.25) is 4.57 Å². The summed E-state index contributed by atoms with van der Waals surface area (Å²) < 4.78 is 13.0. The molecule has 0 amide bonds. The Morgan fingerprint density at radius 2 is 2.08 bits per heavy atom. The molecule has 2 aromatic rings. The van der Waals surface area contributed by atoms with Crippen molar-refractivity contribution in [2.45, 2.75) is 37.1 Å². The molecular formula is C16H23ClN4O2S. The molecule has 24 heavy (non-hydrogen) atoms. The number of aromatic nitrogens is 3. The Balaban J connectivity index is 0.00000208. The van der Waals surface area contributed by atoms with Gasteiger partial charge in [-0.2, -0.15) is 0 Å². The SMILES string of the molecule is COc1ccc(-n2c(CN)nnc2SCC2CCCCO2)cc1.Cl. The van der Waals surface area contributed by atoms with E-state index in [4.69, 9.17) is 15.2 Å². The number of benzene rings is 1. The van der Waals surface area contributed by atoms with Crippen LogP contribution in [0.5, 0.6) is 5.75 Å². The molecule has 0 spiro atoms. The van der Waals surface area contributed by atoms with Gasteiger partial charge in [-0.15, -0.1) is 22.6 Å². The largest absolute Gasteiger partial charge is 0.497 e. The van der Waals surface area contributed by atoms with E-state index in [0.717, 1.165) is 41.2 Å². The first-order valence-electron chi connectivity index (χ1n) is 7.85.